The zero-order valence-corrected chi connectivity index (χ0v) is 21.8. The van der Waals surface area contributed by atoms with Gasteiger partial charge < -0.3 is 0 Å². The number of hydrogen-bond donors (Lipinski definition) is 1. The van der Waals surface area contributed by atoms with Gasteiger partial charge in [-0.3, -0.25) is 0 Å². The third kappa shape index (κ3) is 2.80. The second kappa shape index (κ2) is 5.95. The Kier molecular flexibility index (Phi) is 4.11. The van der Waals surface area contributed by atoms with Gasteiger partial charge in [-0.15, -0.1) is 0 Å². The summed E-state index contributed by atoms with van der Waals surface area (Å²) in [5.74, 6) is 2.94. The van der Waals surface area contributed by atoms with Crippen molar-refractivity contribution in [3.05, 3.63) is 41.0 Å². The molecule has 1 N–H and O–H groups in total. The first-order valence-corrected chi connectivity index (χ1v) is 21.9. The van der Waals surface area contributed by atoms with Gasteiger partial charge in [0.2, 0.25) is 0 Å². The normalized spacial score (nSPS) is 37.6. The number of carbonyl (C=O) groups is 1. The number of benzene rings is 1. The number of rotatable bonds is 3. The fourth-order valence-electron chi connectivity index (χ4n) is 8.05. The van der Waals surface area contributed by atoms with Crippen molar-refractivity contribution in [3.63, 3.8) is 0 Å². The van der Waals surface area contributed by atoms with Gasteiger partial charge in [0, 0.05) is 0 Å². The summed E-state index contributed by atoms with van der Waals surface area (Å²) in [6, 6.07) is 8.94. The summed E-state index contributed by atoms with van der Waals surface area (Å²) < 4.78 is 4.37. The molecule has 1 atom stereocenters. The Morgan fingerprint density at radius 2 is 1.57 bits per heavy atom. The molecule has 4 bridgehead atoms. The Balaban J connectivity index is 1.48. The summed E-state index contributed by atoms with van der Waals surface area (Å²) in [5.41, 5.74) is 5.84. The topological polar surface area (TPSA) is 29.1 Å². The van der Waals surface area contributed by atoms with Gasteiger partial charge in [0.15, 0.2) is 0 Å². The predicted molar refractivity (Wildman–Crippen MR) is 118 cm³/mol. The first-order chi connectivity index (χ1) is 13.1. The third-order valence-corrected chi connectivity index (χ3v) is 18.3. The molecule has 5 aliphatic rings. The molecular formula is C24H36NOSiTi. The molecule has 2 nitrogen and oxygen atoms in total. The van der Waals surface area contributed by atoms with Crippen LogP contribution < -0.4 is 3.80 Å². The minimum atomic E-state index is -3.18. The summed E-state index contributed by atoms with van der Waals surface area (Å²) in [6.07, 6.45) is 7.71. The van der Waals surface area contributed by atoms with Crippen LogP contribution in [0.1, 0.15) is 67.7 Å². The van der Waals surface area contributed by atoms with E-state index in [0.717, 1.165) is 25.9 Å². The molecule has 1 aromatic rings. The molecule has 0 radical (unpaired) electrons. The summed E-state index contributed by atoms with van der Waals surface area (Å²) in [5, 5.41) is 5.01. The first kappa shape index (κ1) is 19.3. The standard InChI is InChI=1S/C11H17NO.C11H11.2CH3.H3Si.Ti/c12-10(13)11-4-7-1-8(5-11)3-9(2-7)6-11;1-8-7-10-5-3-4-6-11(10)9(8)2;;;;/h7-9H,1-6H2,(H2,12,13);3-7H,1-2H3;3*1H3;/q;;;;;+1/p-1. The van der Waals surface area contributed by atoms with Gasteiger partial charge in [-0.05, 0) is 0 Å². The van der Waals surface area contributed by atoms with Crippen molar-refractivity contribution < 1.29 is 19.6 Å². The van der Waals surface area contributed by atoms with Crippen molar-refractivity contribution >= 4 is 19.6 Å². The number of allylic oxidation sites excluding steroid dienone is 2. The van der Waals surface area contributed by atoms with Gasteiger partial charge in [0.1, 0.15) is 0 Å². The van der Waals surface area contributed by atoms with E-state index in [2.05, 4.69) is 52.4 Å². The Morgan fingerprint density at radius 1 is 1.04 bits per heavy atom. The van der Waals surface area contributed by atoms with Crippen LogP contribution in [0.2, 0.25) is 10.5 Å². The van der Waals surface area contributed by atoms with Gasteiger partial charge in [0.25, 0.3) is 0 Å². The number of amides is 1. The van der Waals surface area contributed by atoms with Crippen LogP contribution in [0.5, 0.6) is 0 Å². The van der Waals surface area contributed by atoms with E-state index in [-0.39, 0.29) is 5.41 Å². The number of nitrogens with one attached hydrogen (secondary N) is 1. The molecule has 4 fully saturated rings. The third-order valence-electron chi connectivity index (χ3n) is 8.79. The number of fused-ring (bicyclic) bond motifs is 1. The van der Waals surface area contributed by atoms with Crippen LogP contribution in [0, 0.1) is 23.2 Å². The van der Waals surface area contributed by atoms with Crippen molar-refractivity contribution in [3.8, 4) is 0 Å². The average molecular weight is 431 g/mol. The molecule has 0 saturated heterocycles. The zero-order chi connectivity index (χ0) is 19.9. The van der Waals surface area contributed by atoms with Crippen molar-refractivity contribution in [2.45, 2.75) is 67.1 Å². The van der Waals surface area contributed by atoms with E-state index in [9.17, 15) is 4.79 Å². The van der Waals surface area contributed by atoms with E-state index < -0.39 is 14.8 Å². The molecule has 0 aromatic heterocycles. The maximum atomic E-state index is 13.9. The van der Waals surface area contributed by atoms with Crippen LogP contribution in [0.15, 0.2) is 29.8 Å². The Morgan fingerprint density at radius 3 is 2.14 bits per heavy atom. The van der Waals surface area contributed by atoms with Crippen LogP contribution in [-0.4, -0.2) is 14.0 Å². The minimum absolute atomic E-state index is 0.0273. The monoisotopic (exact) mass is 430 g/mol. The molecule has 28 heavy (non-hydrogen) atoms. The molecule has 1 amide bonds. The fraction of sp³-hybridized carbons (Fsp3) is 0.625. The molecule has 4 heteroatoms. The molecule has 4 saturated carbocycles. The van der Waals surface area contributed by atoms with Gasteiger partial charge in [-0.2, -0.15) is 0 Å². The second-order valence-electron chi connectivity index (χ2n) is 12.2. The summed E-state index contributed by atoms with van der Waals surface area (Å²) in [7, 11) is 1.10. The van der Waals surface area contributed by atoms with Gasteiger partial charge in [-0.1, -0.05) is 0 Å². The molecule has 6 rings (SSSR count). The molecular weight excluding hydrogens is 394 g/mol. The zero-order valence-electron chi connectivity index (χ0n) is 18.3. The molecule has 0 heterocycles. The summed E-state index contributed by atoms with van der Waals surface area (Å²) in [6.45, 7) is 4.60. The van der Waals surface area contributed by atoms with E-state index in [1.807, 2.05) is 0 Å². The van der Waals surface area contributed by atoms with Crippen LogP contribution >= 0.6 is 0 Å². The van der Waals surface area contributed by atoms with E-state index in [1.165, 1.54) is 60.8 Å². The van der Waals surface area contributed by atoms with Crippen LogP contribution in [0.3, 0.4) is 0 Å². The van der Waals surface area contributed by atoms with Crippen molar-refractivity contribution in [1.82, 2.24) is 3.80 Å². The molecule has 151 valence electrons. The molecule has 1 unspecified atom stereocenters. The molecule has 0 spiro atoms. The van der Waals surface area contributed by atoms with E-state index >= 15 is 0 Å². The fourth-order valence-corrected chi connectivity index (χ4v) is 18.8. The van der Waals surface area contributed by atoms with E-state index in [1.54, 1.807) is 0 Å². The van der Waals surface area contributed by atoms with Gasteiger partial charge in [-0.25, -0.2) is 0 Å². The van der Waals surface area contributed by atoms with Crippen LogP contribution in [0.4, 0.5) is 0 Å². The van der Waals surface area contributed by atoms with Crippen LogP contribution in [-0.2, 0) is 19.6 Å². The number of hydrogen-bond acceptors (Lipinski definition) is 1. The average Bonchev–Trinajstić information content (AvgIpc) is 2.85. The summed E-state index contributed by atoms with van der Waals surface area (Å²) in [4.78, 5) is 13.9. The van der Waals surface area contributed by atoms with Crippen molar-refractivity contribution in [2.24, 2.45) is 23.2 Å². The first-order valence-electron chi connectivity index (χ1n) is 11.4. The van der Waals surface area contributed by atoms with Gasteiger partial charge in [0.05, 0.1) is 0 Å². The molecule has 0 aliphatic heterocycles. The van der Waals surface area contributed by atoms with E-state index in [4.69, 9.17) is 0 Å². The number of carbonyl (C=O) groups excluding carboxylic acids is 1. The van der Waals surface area contributed by atoms with E-state index in [0.29, 0.717) is 10.1 Å². The Labute approximate surface area is 173 Å². The van der Waals surface area contributed by atoms with Crippen LogP contribution in [0.25, 0.3) is 5.57 Å². The Bertz CT molecular complexity index is 858. The van der Waals surface area contributed by atoms with Gasteiger partial charge >= 0.3 is 174 Å². The SMILES string of the molecule is CC1=C(C)[CH]([Ti]([CH3])([CH3])([SiH3])[NH]C(=O)C23CC4CC(CC(C4)C2)C3)c2ccccc21. The van der Waals surface area contributed by atoms with Crippen molar-refractivity contribution in [1.29, 1.82) is 0 Å². The summed E-state index contributed by atoms with van der Waals surface area (Å²) >= 11 is -3.18. The molecule has 1 aromatic carbocycles. The molecule has 5 aliphatic carbocycles. The quantitative estimate of drug-likeness (QED) is 0.683. The van der Waals surface area contributed by atoms with Crippen molar-refractivity contribution in [2.75, 3.05) is 0 Å². The predicted octanol–water partition coefficient (Wildman–Crippen LogP) is 4.85. The Hall–Kier alpha value is -0.639. The second-order valence-corrected chi connectivity index (χ2v) is 36.4. The maximum absolute atomic E-state index is 13.9.